The summed E-state index contributed by atoms with van der Waals surface area (Å²) < 4.78 is 16.0. The summed E-state index contributed by atoms with van der Waals surface area (Å²) in [6.45, 7) is -0.838. The first kappa shape index (κ1) is 26.2. The van der Waals surface area contributed by atoms with E-state index in [1.54, 1.807) is 0 Å². The van der Waals surface area contributed by atoms with Gasteiger partial charge in [-0.2, -0.15) is 0 Å². The fraction of sp³-hybridized carbons (Fsp3) is 0.905. The van der Waals surface area contributed by atoms with Crippen molar-refractivity contribution in [1.29, 1.82) is 0 Å². The van der Waals surface area contributed by atoms with Crippen molar-refractivity contribution < 1.29 is 23.8 Å². The summed E-state index contributed by atoms with van der Waals surface area (Å²) >= 11 is 4.42. The van der Waals surface area contributed by atoms with Gasteiger partial charge in [0.15, 0.2) is 6.29 Å². The Bertz CT molecular complexity index is 441. The van der Waals surface area contributed by atoms with Crippen LogP contribution in [-0.4, -0.2) is 35.4 Å². The Morgan fingerprint density at radius 2 is 1.50 bits per heavy atom. The van der Waals surface area contributed by atoms with Gasteiger partial charge in [-0.1, -0.05) is 70.4 Å². The Labute approximate surface area is 177 Å². The molecule has 0 bridgehead atoms. The molecule has 0 spiro atoms. The Morgan fingerprint density at radius 1 is 0.929 bits per heavy atom. The highest BCUT2D eigenvalue weighted by Gasteiger charge is 2.27. The Hall–Kier alpha value is 0.190. The molecule has 0 saturated carbocycles. The molecule has 2 atom stereocenters. The molecule has 0 aliphatic carbocycles. The van der Waals surface area contributed by atoms with Gasteiger partial charge in [0.25, 0.3) is 0 Å². The van der Waals surface area contributed by atoms with Gasteiger partial charge < -0.3 is 23.8 Å². The first-order valence-corrected chi connectivity index (χ1v) is 13.8. The first-order chi connectivity index (χ1) is 13.5. The third-order valence-corrected chi connectivity index (χ3v) is 5.74. The lowest BCUT2D eigenvalue weighted by molar-refractivity contribution is -0.0691. The lowest BCUT2D eigenvalue weighted by Gasteiger charge is -2.13. The molecule has 1 aliphatic heterocycles. The van der Waals surface area contributed by atoms with E-state index < -0.39 is 6.72 Å². The fourth-order valence-electron chi connectivity index (χ4n) is 3.31. The summed E-state index contributed by atoms with van der Waals surface area (Å²) in [7, 11) is 0. The van der Waals surface area contributed by atoms with Crippen molar-refractivity contribution in [3.05, 3.63) is 12.2 Å². The molecule has 2 unspecified atom stereocenters. The molecule has 7 heteroatoms. The van der Waals surface area contributed by atoms with Gasteiger partial charge in [0.2, 0.25) is 0 Å². The minimum absolute atomic E-state index is 0.0775. The highest BCUT2D eigenvalue weighted by atomic mass is 32.5. The highest BCUT2D eigenvalue weighted by Crippen LogP contribution is 2.37. The molecule has 0 aromatic carbocycles. The maximum absolute atomic E-state index is 9.06. The van der Waals surface area contributed by atoms with E-state index in [4.69, 9.17) is 23.8 Å². The van der Waals surface area contributed by atoms with Gasteiger partial charge in [-0.15, -0.1) is 0 Å². The average molecular weight is 437 g/mol. The van der Waals surface area contributed by atoms with Crippen molar-refractivity contribution in [2.75, 3.05) is 13.2 Å². The lowest BCUT2D eigenvalue weighted by atomic mass is 10.1. The predicted octanol–water partition coefficient (Wildman–Crippen LogP) is 5.99. The van der Waals surface area contributed by atoms with Crippen LogP contribution in [0.25, 0.3) is 0 Å². The fourth-order valence-corrected chi connectivity index (χ4v) is 3.85. The summed E-state index contributed by atoms with van der Waals surface area (Å²) in [6.07, 6.45) is 21.9. The molecule has 166 valence electrons. The van der Waals surface area contributed by atoms with E-state index in [0.29, 0.717) is 6.61 Å². The van der Waals surface area contributed by atoms with Crippen molar-refractivity contribution >= 4 is 18.5 Å². The number of hydrogen-bond acceptors (Lipinski definition) is 4. The molecular formula is C21H41O5PS. The molecule has 1 fully saturated rings. The van der Waals surface area contributed by atoms with Crippen molar-refractivity contribution in [1.82, 2.24) is 0 Å². The number of rotatable bonds is 18. The summed E-state index contributed by atoms with van der Waals surface area (Å²) in [5, 5.41) is 0. The lowest BCUT2D eigenvalue weighted by Crippen LogP contribution is -2.18. The predicted molar refractivity (Wildman–Crippen MR) is 119 cm³/mol. The van der Waals surface area contributed by atoms with E-state index in [9.17, 15) is 0 Å². The van der Waals surface area contributed by atoms with Crippen LogP contribution >= 0.6 is 6.72 Å². The van der Waals surface area contributed by atoms with Gasteiger partial charge in [-0.25, -0.2) is 0 Å². The minimum Gasteiger partial charge on any atom is -0.350 e. The number of unbranched alkanes of at least 4 members (excludes halogenated alkanes) is 11. The van der Waals surface area contributed by atoms with Crippen LogP contribution in [0.3, 0.4) is 0 Å². The summed E-state index contributed by atoms with van der Waals surface area (Å²) in [6, 6.07) is 0. The number of ether oxygens (including phenoxy) is 2. The van der Waals surface area contributed by atoms with Crippen molar-refractivity contribution in [3.63, 3.8) is 0 Å². The van der Waals surface area contributed by atoms with E-state index >= 15 is 0 Å². The van der Waals surface area contributed by atoms with Crippen LogP contribution in [-0.2, 0) is 25.8 Å². The summed E-state index contributed by atoms with van der Waals surface area (Å²) in [5.41, 5.74) is 0. The normalized spacial score (nSPS) is 20.4. The maximum Gasteiger partial charge on any atom is 0.321 e. The summed E-state index contributed by atoms with van der Waals surface area (Å²) in [5.74, 6) is 0. The van der Waals surface area contributed by atoms with Gasteiger partial charge in [0, 0.05) is 0 Å². The van der Waals surface area contributed by atoms with Crippen molar-refractivity contribution in [2.45, 2.75) is 109 Å². The van der Waals surface area contributed by atoms with Crippen molar-refractivity contribution in [3.8, 4) is 0 Å². The zero-order valence-electron chi connectivity index (χ0n) is 17.6. The van der Waals surface area contributed by atoms with E-state index in [2.05, 4.69) is 30.9 Å². The molecule has 0 aromatic heterocycles. The van der Waals surface area contributed by atoms with Gasteiger partial charge in [0.1, 0.15) is 6.10 Å². The zero-order valence-corrected chi connectivity index (χ0v) is 19.3. The molecule has 1 saturated heterocycles. The standard InChI is InChI=1S/C21H41O5PS/c1-2-3-4-5-6-7-8-9-10-11-12-13-14-15-16-17-21-24-18-20(26-21)19-25-27(22,23)28/h8-9,20-21H,2-7,10-19H2,1H3,(H2,22,23,28)/b9-8+. The monoisotopic (exact) mass is 436 g/mol. The third-order valence-electron chi connectivity index (χ3n) is 4.94. The zero-order chi connectivity index (χ0) is 20.5. The summed E-state index contributed by atoms with van der Waals surface area (Å²) in [4.78, 5) is 18.1. The third kappa shape index (κ3) is 16.0. The van der Waals surface area contributed by atoms with Crippen LogP contribution in [0.4, 0.5) is 0 Å². The molecular weight excluding hydrogens is 395 g/mol. The molecule has 0 aromatic rings. The number of allylic oxidation sites excluding steroid dienone is 2. The van der Waals surface area contributed by atoms with Crippen LogP contribution in [0.1, 0.15) is 96.8 Å². The Morgan fingerprint density at radius 3 is 2.11 bits per heavy atom. The molecule has 0 radical (unpaired) electrons. The topological polar surface area (TPSA) is 68.2 Å². The first-order valence-electron chi connectivity index (χ1n) is 11.1. The molecule has 5 nitrogen and oxygen atoms in total. The van der Waals surface area contributed by atoms with E-state index in [0.717, 1.165) is 12.8 Å². The smallest absolute Gasteiger partial charge is 0.321 e. The van der Waals surface area contributed by atoms with Crippen molar-refractivity contribution in [2.24, 2.45) is 0 Å². The average Bonchev–Trinajstić information content (AvgIpc) is 3.10. The molecule has 1 aliphatic rings. The van der Waals surface area contributed by atoms with Gasteiger partial charge in [0.05, 0.1) is 13.2 Å². The van der Waals surface area contributed by atoms with E-state index in [-0.39, 0.29) is 19.0 Å². The molecule has 1 rings (SSSR count). The van der Waals surface area contributed by atoms with E-state index in [1.807, 2.05) is 0 Å². The van der Waals surface area contributed by atoms with Crippen LogP contribution < -0.4 is 0 Å². The quantitative estimate of drug-likeness (QED) is 0.156. The van der Waals surface area contributed by atoms with Crippen LogP contribution in [0.5, 0.6) is 0 Å². The Balaban J connectivity index is 1.83. The SMILES string of the molecule is CCCCCCC/C=C/CCCCCCCCC1OCC(COP(O)(O)=S)O1. The Kier molecular flexibility index (Phi) is 15.9. The molecule has 1 heterocycles. The number of hydrogen-bond donors (Lipinski definition) is 2. The maximum atomic E-state index is 9.06. The second-order valence-corrected chi connectivity index (χ2v) is 10.3. The second kappa shape index (κ2) is 16.9. The van der Waals surface area contributed by atoms with Crippen LogP contribution in [0.15, 0.2) is 12.2 Å². The van der Waals surface area contributed by atoms with Crippen LogP contribution in [0.2, 0.25) is 0 Å². The van der Waals surface area contributed by atoms with E-state index in [1.165, 1.54) is 77.0 Å². The van der Waals surface area contributed by atoms with Crippen LogP contribution in [0, 0.1) is 0 Å². The van der Waals surface area contributed by atoms with Gasteiger partial charge >= 0.3 is 6.72 Å². The van der Waals surface area contributed by atoms with Gasteiger partial charge in [-0.3, -0.25) is 0 Å². The minimum atomic E-state index is -3.60. The molecule has 0 amide bonds. The largest absolute Gasteiger partial charge is 0.350 e. The highest BCUT2D eigenvalue weighted by molar-refractivity contribution is 8.06. The second-order valence-electron chi connectivity index (χ2n) is 7.68. The molecule has 28 heavy (non-hydrogen) atoms. The van der Waals surface area contributed by atoms with Gasteiger partial charge in [-0.05, 0) is 50.3 Å². The molecule has 2 N–H and O–H groups in total.